The maximum absolute atomic E-state index is 15.3. The Hall–Kier alpha value is -5.92. The van der Waals surface area contributed by atoms with Crippen LogP contribution in [0.15, 0.2) is 75.4 Å². The van der Waals surface area contributed by atoms with Crippen LogP contribution in [0.25, 0.3) is 5.82 Å². The molecule has 0 bridgehead atoms. The molecule has 0 saturated heterocycles. The number of halogens is 5. The lowest BCUT2D eigenvalue weighted by atomic mass is 9.91. The summed E-state index contributed by atoms with van der Waals surface area (Å²) >= 11 is 0. The molecule has 14 nitrogen and oxygen atoms in total. The van der Waals surface area contributed by atoms with Crippen molar-refractivity contribution in [3.8, 4) is 5.82 Å². The second-order valence-corrected chi connectivity index (χ2v) is 15.3. The van der Waals surface area contributed by atoms with Gasteiger partial charge >= 0.3 is 17.8 Å². The normalized spacial score (nSPS) is 12.6. The molecule has 20 heteroatoms. The number of carbonyl (C=O) groups is 3. The Morgan fingerprint density at radius 3 is 2.18 bits per heavy atom. The second-order valence-electron chi connectivity index (χ2n) is 13.6. The lowest BCUT2D eigenvalue weighted by Gasteiger charge is -2.26. The summed E-state index contributed by atoms with van der Waals surface area (Å²) in [4.78, 5) is 67.3. The fourth-order valence-corrected chi connectivity index (χ4v) is 5.90. The van der Waals surface area contributed by atoms with E-state index in [1.165, 1.54) is 43.1 Å². The van der Waals surface area contributed by atoms with Crippen LogP contribution in [0, 0.1) is 29.9 Å². The van der Waals surface area contributed by atoms with E-state index in [1.54, 1.807) is 13.8 Å². The first kappa shape index (κ1) is 42.8. The third kappa shape index (κ3) is 9.65. The summed E-state index contributed by atoms with van der Waals surface area (Å²) in [6.07, 6.45) is -2.53. The van der Waals surface area contributed by atoms with Gasteiger partial charge in [-0.1, -0.05) is 19.9 Å². The monoisotopic (exact) mass is 808 g/mol. The third-order valence-corrected chi connectivity index (χ3v) is 9.67. The minimum atomic E-state index is -4.87. The van der Waals surface area contributed by atoms with Gasteiger partial charge in [0.25, 0.3) is 21.5 Å². The highest BCUT2D eigenvalue weighted by Gasteiger charge is 2.53. The van der Waals surface area contributed by atoms with Crippen molar-refractivity contribution >= 4 is 39.2 Å². The summed E-state index contributed by atoms with van der Waals surface area (Å²) in [5, 5.41) is 4.33. The van der Waals surface area contributed by atoms with Crippen molar-refractivity contribution < 1.29 is 49.5 Å². The van der Waals surface area contributed by atoms with Gasteiger partial charge in [0.05, 0.1) is 22.8 Å². The van der Waals surface area contributed by atoms with Crippen molar-refractivity contribution in [2.45, 2.75) is 58.2 Å². The van der Waals surface area contributed by atoms with E-state index in [-0.39, 0.29) is 36.0 Å². The van der Waals surface area contributed by atoms with E-state index in [4.69, 9.17) is 4.74 Å². The topological polar surface area (TPSA) is 188 Å². The van der Waals surface area contributed by atoms with Crippen LogP contribution in [0.2, 0.25) is 0 Å². The molecule has 0 saturated carbocycles. The van der Waals surface area contributed by atoms with Crippen LogP contribution in [0.4, 0.5) is 33.3 Å². The molecular formula is C36H37F5N6O8S. The number of alkyl halides is 3. The van der Waals surface area contributed by atoms with Gasteiger partial charge in [-0.25, -0.2) is 36.3 Å². The fourth-order valence-electron chi connectivity index (χ4n) is 4.84. The van der Waals surface area contributed by atoms with Crippen molar-refractivity contribution in [2.24, 2.45) is 18.4 Å². The molecule has 3 N–H and O–H groups in total. The SMILES string of the molecule is Cc1cn(C)c(=O)n(-c2ccc(C[C@H](NC(=O)c3cc(F)c(NS(=O)(=O)c4ccc(NC(=O)C(C)(C)C(F)(F)F)cc4)cc3F)C(=O)OCC(C)C)cn2)c1=O. The van der Waals surface area contributed by atoms with Crippen molar-refractivity contribution in [3.05, 3.63) is 110 Å². The number of esters is 1. The number of aromatic nitrogens is 3. The van der Waals surface area contributed by atoms with Gasteiger partial charge in [0.1, 0.15) is 28.9 Å². The van der Waals surface area contributed by atoms with Gasteiger partial charge in [-0.3, -0.25) is 19.1 Å². The molecule has 0 spiro atoms. The van der Waals surface area contributed by atoms with Gasteiger partial charge in [0, 0.05) is 43.2 Å². The van der Waals surface area contributed by atoms with E-state index in [2.05, 4.69) is 10.3 Å². The van der Waals surface area contributed by atoms with Gasteiger partial charge in [-0.05, 0) is 68.7 Å². The molecule has 0 aliphatic rings. The smallest absolute Gasteiger partial charge is 0.402 e. The van der Waals surface area contributed by atoms with Crippen LogP contribution in [0.5, 0.6) is 0 Å². The van der Waals surface area contributed by atoms with Gasteiger partial charge in [0.2, 0.25) is 5.91 Å². The van der Waals surface area contributed by atoms with Crippen molar-refractivity contribution in [1.82, 2.24) is 19.4 Å². The number of aryl methyl sites for hydroxylation is 2. The van der Waals surface area contributed by atoms with E-state index in [0.29, 0.717) is 31.5 Å². The molecule has 4 rings (SSSR count). The molecular weight excluding hydrogens is 771 g/mol. The number of anilines is 2. The zero-order chi connectivity index (χ0) is 41.9. The summed E-state index contributed by atoms with van der Waals surface area (Å²) < 4.78 is 105. The first-order chi connectivity index (χ1) is 25.9. The number of hydrogen-bond acceptors (Lipinski definition) is 9. The van der Waals surface area contributed by atoms with E-state index in [9.17, 15) is 45.6 Å². The molecule has 0 aliphatic heterocycles. The summed E-state index contributed by atoms with van der Waals surface area (Å²) in [6, 6.07) is 5.88. The quantitative estimate of drug-likeness (QED) is 0.130. The molecule has 4 aromatic rings. The van der Waals surface area contributed by atoms with Crippen LogP contribution < -0.4 is 26.6 Å². The number of pyridine rings is 1. The Morgan fingerprint density at radius 2 is 1.61 bits per heavy atom. The minimum absolute atomic E-state index is 0.0197. The Balaban J connectivity index is 1.53. The van der Waals surface area contributed by atoms with Gasteiger partial charge in [-0.15, -0.1) is 0 Å². The molecule has 0 radical (unpaired) electrons. The van der Waals surface area contributed by atoms with Crippen molar-refractivity contribution in [3.63, 3.8) is 0 Å². The molecule has 2 aromatic heterocycles. The van der Waals surface area contributed by atoms with Crippen LogP contribution in [-0.2, 0) is 37.8 Å². The Labute approximate surface area is 316 Å². The first-order valence-corrected chi connectivity index (χ1v) is 18.1. The van der Waals surface area contributed by atoms with Crippen molar-refractivity contribution in [1.29, 1.82) is 0 Å². The van der Waals surface area contributed by atoms with Gasteiger partial charge < -0.3 is 19.9 Å². The number of nitrogens with zero attached hydrogens (tertiary/aromatic N) is 3. The Bertz CT molecular complexity index is 2340. The number of ether oxygens (including phenoxy) is 1. The predicted octanol–water partition coefficient (Wildman–Crippen LogP) is 4.39. The second kappa shape index (κ2) is 16.4. The molecule has 2 aromatic carbocycles. The highest BCUT2D eigenvalue weighted by Crippen LogP contribution is 2.38. The van der Waals surface area contributed by atoms with Gasteiger partial charge in [0.15, 0.2) is 0 Å². The number of hydrogen-bond donors (Lipinski definition) is 3. The Morgan fingerprint density at radius 1 is 0.964 bits per heavy atom. The number of nitrogens with one attached hydrogen (secondary N) is 3. The number of benzene rings is 2. The van der Waals surface area contributed by atoms with E-state index in [0.717, 1.165) is 28.8 Å². The minimum Gasteiger partial charge on any atom is -0.464 e. The first-order valence-electron chi connectivity index (χ1n) is 16.6. The van der Waals surface area contributed by atoms with Crippen molar-refractivity contribution in [2.75, 3.05) is 16.6 Å². The molecule has 0 unspecified atom stereocenters. The van der Waals surface area contributed by atoms with Crippen LogP contribution in [-0.4, -0.2) is 59.1 Å². The maximum atomic E-state index is 15.3. The summed E-state index contributed by atoms with van der Waals surface area (Å²) in [5.74, 6) is -6.52. The van der Waals surface area contributed by atoms with E-state index < -0.39 is 84.5 Å². The third-order valence-electron chi connectivity index (χ3n) is 8.29. The zero-order valence-electron chi connectivity index (χ0n) is 30.7. The average Bonchev–Trinajstić information content (AvgIpc) is 3.11. The highest BCUT2D eigenvalue weighted by molar-refractivity contribution is 7.92. The van der Waals surface area contributed by atoms with Gasteiger partial charge in [-0.2, -0.15) is 13.2 Å². The van der Waals surface area contributed by atoms with Crippen LogP contribution in [0.1, 0.15) is 49.2 Å². The number of amides is 2. The molecule has 56 heavy (non-hydrogen) atoms. The van der Waals surface area contributed by atoms with E-state index in [1.807, 2.05) is 10.0 Å². The lowest BCUT2D eigenvalue weighted by molar-refractivity contribution is -0.208. The summed E-state index contributed by atoms with van der Waals surface area (Å²) in [6.45, 7) is 6.31. The number of rotatable bonds is 13. The standard InChI is InChI=1S/C36H37F5N6O8S/c1-19(2)18-55-32(50)28(13-21-7-12-29(42-16-21)47-31(49)20(3)17-46(6)34(47)52)44-30(48)24-14-26(38)27(15-25(24)37)45-56(53,54)23-10-8-22(9-11-23)43-33(51)35(4,5)36(39,40)41/h7-12,14-17,19,28,45H,13,18H2,1-6H3,(H,43,51)(H,44,48)/t28-/m0/s1. The van der Waals surface area contributed by atoms with Crippen LogP contribution >= 0.6 is 0 Å². The molecule has 300 valence electrons. The highest BCUT2D eigenvalue weighted by atomic mass is 32.2. The fraction of sp³-hybridized carbons (Fsp3) is 0.333. The molecule has 1 atom stereocenters. The molecule has 0 aliphatic carbocycles. The molecule has 0 fully saturated rings. The molecule has 2 amide bonds. The molecule has 2 heterocycles. The maximum Gasteiger partial charge on any atom is 0.402 e. The summed E-state index contributed by atoms with van der Waals surface area (Å²) in [7, 11) is -3.19. The van der Waals surface area contributed by atoms with E-state index >= 15 is 8.78 Å². The lowest BCUT2D eigenvalue weighted by Crippen LogP contribution is -2.44. The number of carbonyl (C=O) groups excluding carboxylic acids is 3. The predicted molar refractivity (Wildman–Crippen MR) is 193 cm³/mol. The number of sulfonamides is 1. The summed E-state index contributed by atoms with van der Waals surface area (Å²) in [5.41, 5.74) is -5.42. The largest absolute Gasteiger partial charge is 0.464 e. The average molecular weight is 809 g/mol. The van der Waals surface area contributed by atoms with Crippen LogP contribution in [0.3, 0.4) is 0 Å². The Kier molecular flexibility index (Phi) is 12.6. The zero-order valence-corrected chi connectivity index (χ0v) is 31.6.